The van der Waals surface area contributed by atoms with E-state index < -0.39 is 5.79 Å². The van der Waals surface area contributed by atoms with Gasteiger partial charge in [0.05, 0.1) is 19.6 Å². The van der Waals surface area contributed by atoms with Gasteiger partial charge in [-0.1, -0.05) is 23.7 Å². The fraction of sp³-hybridized carbons (Fsp3) is 0.500. The van der Waals surface area contributed by atoms with Gasteiger partial charge in [0.15, 0.2) is 5.79 Å². The van der Waals surface area contributed by atoms with Crippen molar-refractivity contribution >= 4 is 17.5 Å². The standard InChI is InChI=1S/C14H18ClNO3/c1-14(18-8-9-19-14)6-7-16-13(17)10-11-2-4-12(15)5-3-11/h2-5H,6-10H2,1H3,(H,16,17). The number of carbonyl (C=O) groups is 1. The smallest absolute Gasteiger partial charge is 0.224 e. The Kier molecular flexibility index (Phi) is 4.80. The summed E-state index contributed by atoms with van der Waals surface area (Å²) >= 11 is 5.79. The molecule has 4 nitrogen and oxygen atoms in total. The molecule has 0 atom stereocenters. The van der Waals surface area contributed by atoms with Gasteiger partial charge in [-0.2, -0.15) is 0 Å². The first-order chi connectivity index (χ1) is 9.07. The Morgan fingerprint density at radius 1 is 1.32 bits per heavy atom. The van der Waals surface area contributed by atoms with Crippen LogP contribution in [0.2, 0.25) is 5.02 Å². The predicted octanol–water partition coefficient (Wildman–Crippen LogP) is 2.15. The SMILES string of the molecule is CC1(CCNC(=O)Cc2ccc(Cl)cc2)OCCO1. The second kappa shape index (κ2) is 6.37. The number of amides is 1. The Balaban J connectivity index is 1.71. The third-order valence-corrected chi connectivity index (χ3v) is 3.33. The van der Waals surface area contributed by atoms with E-state index in [9.17, 15) is 4.79 Å². The van der Waals surface area contributed by atoms with E-state index in [0.717, 1.165) is 5.56 Å². The number of benzene rings is 1. The average Bonchev–Trinajstić information content (AvgIpc) is 2.79. The molecule has 104 valence electrons. The van der Waals surface area contributed by atoms with Crippen molar-refractivity contribution in [1.29, 1.82) is 0 Å². The minimum atomic E-state index is -0.548. The van der Waals surface area contributed by atoms with Gasteiger partial charge in [0.1, 0.15) is 0 Å². The van der Waals surface area contributed by atoms with Crippen molar-refractivity contribution in [3.63, 3.8) is 0 Å². The quantitative estimate of drug-likeness (QED) is 0.901. The van der Waals surface area contributed by atoms with Crippen LogP contribution in [0.15, 0.2) is 24.3 Å². The van der Waals surface area contributed by atoms with Crippen LogP contribution < -0.4 is 5.32 Å². The molecule has 0 aliphatic carbocycles. The molecule has 1 N–H and O–H groups in total. The lowest BCUT2D eigenvalue weighted by atomic mass is 10.1. The Hall–Kier alpha value is -1.10. The summed E-state index contributed by atoms with van der Waals surface area (Å²) < 4.78 is 10.9. The lowest BCUT2D eigenvalue weighted by molar-refractivity contribution is -0.146. The van der Waals surface area contributed by atoms with E-state index in [-0.39, 0.29) is 5.91 Å². The lowest BCUT2D eigenvalue weighted by Crippen LogP contribution is -2.34. The molecule has 0 radical (unpaired) electrons. The van der Waals surface area contributed by atoms with Gasteiger partial charge in [-0.05, 0) is 24.6 Å². The molecule has 1 aliphatic heterocycles. The number of rotatable bonds is 5. The van der Waals surface area contributed by atoms with Crippen LogP contribution in [-0.4, -0.2) is 31.5 Å². The number of ether oxygens (including phenoxy) is 2. The van der Waals surface area contributed by atoms with Crippen LogP contribution in [0.5, 0.6) is 0 Å². The van der Waals surface area contributed by atoms with Gasteiger partial charge in [-0.25, -0.2) is 0 Å². The highest BCUT2D eigenvalue weighted by atomic mass is 35.5. The third kappa shape index (κ3) is 4.49. The summed E-state index contributed by atoms with van der Waals surface area (Å²) in [7, 11) is 0. The summed E-state index contributed by atoms with van der Waals surface area (Å²) in [6.45, 7) is 3.68. The average molecular weight is 284 g/mol. The molecule has 1 aromatic carbocycles. The van der Waals surface area contributed by atoms with Crippen LogP contribution in [0, 0.1) is 0 Å². The summed E-state index contributed by atoms with van der Waals surface area (Å²) in [5.41, 5.74) is 0.946. The first kappa shape index (κ1) is 14.3. The van der Waals surface area contributed by atoms with Crippen molar-refractivity contribution < 1.29 is 14.3 Å². The zero-order chi connectivity index (χ0) is 13.7. The van der Waals surface area contributed by atoms with Crippen LogP contribution in [0.4, 0.5) is 0 Å². The first-order valence-corrected chi connectivity index (χ1v) is 6.74. The van der Waals surface area contributed by atoms with Crippen molar-refractivity contribution in [2.75, 3.05) is 19.8 Å². The summed E-state index contributed by atoms with van der Waals surface area (Å²) in [6, 6.07) is 7.27. The van der Waals surface area contributed by atoms with E-state index in [4.69, 9.17) is 21.1 Å². The van der Waals surface area contributed by atoms with E-state index in [1.807, 2.05) is 19.1 Å². The number of hydrogen-bond donors (Lipinski definition) is 1. The minimum absolute atomic E-state index is 0.0103. The zero-order valence-corrected chi connectivity index (χ0v) is 11.7. The molecule has 1 fully saturated rings. The van der Waals surface area contributed by atoms with Crippen LogP contribution in [0.1, 0.15) is 18.9 Å². The fourth-order valence-electron chi connectivity index (χ4n) is 1.98. The maximum absolute atomic E-state index is 11.7. The molecule has 19 heavy (non-hydrogen) atoms. The molecule has 0 bridgehead atoms. The first-order valence-electron chi connectivity index (χ1n) is 6.36. The van der Waals surface area contributed by atoms with Crippen molar-refractivity contribution in [2.45, 2.75) is 25.6 Å². The lowest BCUT2D eigenvalue weighted by Gasteiger charge is -2.22. The van der Waals surface area contributed by atoms with Crippen LogP contribution >= 0.6 is 11.6 Å². The van der Waals surface area contributed by atoms with Gasteiger partial charge < -0.3 is 14.8 Å². The van der Waals surface area contributed by atoms with E-state index >= 15 is 0 Å². The summed E-state index contributed by atoms with van der Waals surface area (Å²) in [5, 5.41) is 3.54. The highest BCUT2D eigenvalue weighted by Gasteiger charge is 2.30. The Morgan fingerprint density at radius 3 is 2.58 bits per heavy atom. The van der Waals surface area contributed by atoms with Gasteiger partial charge in [0.25, 0.3) is 0 Å². The van der Waals surface area contributed by atoms with Crippen molar-refractivity contribution in [1.82, 2.24) is 5.32 Å². The monoisotopic (exact) mass is 283 g/mol. The highest BCUT2D eigenvalue weighted by molar-refractivity contribution is 6.30. The molecule has 5 heteroatoms. The van der Waals surface area contributed by atoms with E-state index in [1.54, 1.807) is 12.1 Å². The van der Waals surface area contributed by atoms with Crippen molar-refractivity contribution in [3.05, 3.63) is 34.9 Å². The molecule has 0 saturated carbocycles. The topological polar surface area (TPSA) is 47.6 Å². The second-order valence-corrected chi connectivity index (χ2v) is 5.17. The van der Waals surface area contributed by atoms with Crippen LogP contribution in [-0.2, 0) is 20.7 Å². The largest absolute Gasteiger partial charge is 0.356 e. The van der Waals surface area contributed by atoms with E-state index in [2.05, 4.69) is 5.32 Å². The van der Waals surface area contributed by atoms with E-state index in [1.165, 1.54) is 0 Å². The fourth-order valence-corrected chi connectivity index (χ4v) is 2.11. The predicted molar refractivity (Wildman–Crippen MR) is 73.1 cm³/mol. The molecule has 1 saturated heterocycles. The third-order valence-electron chi connectivity index (χ3n) is 3.08. The molecule has 1 aromatic rings. The molecule has 2 rings (SSSR count). The number of carbonyl (C=O) groups excluding carboxylic acids is 1. The summed E-state index contributed by atoms with van der Waals surface area (Å²) in [4.78, 5) is 11.7. The number of hydrogen-bond acceptors (Lipinski definition) is 3. The highest BCUT2D eigenvalue weighted by Crippen LogP contribution is 2.21. The van der Waals surface area contributed by atoms with Crippen LogP contribution in [0.25, 0.3) is 0 Å². The van der Waals surface area contributed by atoms with Gasteiger partial charge in [-0.3, -0.25) is 4.79 Å². The summed E-state index contributed by atoms with van der Waals surface area (Å²) in [5.74, 6) is -0.558. The van der Waals surface area contributed by atoms with Crippen LogP contribution in [0.3, 0.4) is 0 Å². The van der Waals surface area contributed by atoms with Gasteiger partial charge in [0.2, 0.25) is 5.91 Å². The molecule has 1 amide bonds. The Labute approximate surface area is 118 Å². The minimum Gasteiger partial charge on any atom is -0.356 e. The number of nitrogens with one attached hydrogen (secondary N) is 1. The maximum Gasteiger partial charge on any atom is 0.224 e. The van der Waals surface area contributed by atoms with Gasteiger partial charge in [-0.15, -0.1) is 0 Å². The van der Waals surface area contributed by atoms with Gasteiger partial charge in [0, 0.05) is 18.0 Å². The molecular weight excluding hydrogens is 266 g/mol. The summed E-state index contributed by atoms with van der Waals surface area (Å²) in [6.07, 6.45) is 1.01. The molecule has 1 heterocycles. The van der Waals surface area contributed by atoms with Crippen molar-refractivity contribution in [3.8, 4) is 0 Å². The van der Waals surface area contributed by atoms with E-state index in [0.29, 0.717) is 37.6 Å². The van der Waals surface area contributed by atoms with Gasteiger partial charge >= 0.3 is 0 Å². The number of halogens is 1. The maximum atomic E-state index is 11.7. The molecule has 0 spiro atoms. The Morgan fingerprint density at radius 2 is 1.95 bits per heavy atom. The molecule has 0 aromatic heterocycles. The Bertz CT molecular complexity index is 427. The van der Waals surface area contributed by atoms with Crippen molar-refractivity contribution in [2.24, 2.45) is 0 Å². The molecular formula is C14H18ClNO3. The molecule has 1 aliphatic rings. The second-order valence-electron chi connectivity index (χ2n) is 4.73. The normalized spacial score (nSPS) is 17.4. The zero-order valence-electron chi connectivity index (χ0n) is 10.9. The molecule has 0 unspecified atom stereocenters.